The maximum absolute atomic E-state index is 11.3. The number of methoxy groups -OCH3 is 2. The molecule has 0 aliphatic carbocycles. The summed E-state index contributed by atoms with van der Waals surface area (Å²) in [6, 6.07) is 3.63. The molecule has 1 rings (SSSR count). The van der Waals surface area contributed by atoms with E-state index in [2.05, 4.69) is 5.32 Å². The quantitative estimate of drug-likeness (QED) is 0.824. The molecular weight excluding hydrogens is 232 g/mol. The smallest absolute Gasteiger partial charge is 0.234 e. The SMILES string of the molecule is COc1cc(C)c(C(C)NC(=O)CN)cc1OC. The number of nitrogens with two attached hydrogens (primary N) is 1. The van der Waals surface area contributed by atoms with Crippen LogP contribution in [0.1, 0.15) is 24.1 Å². The molecule has 0 aromatic heterocycles. The Labute approximate surface area is 107 Å². The van der Waals surface area contributed by atoms with E-state index in [0.29, 0.717) is 11.5 Å². The number of ether oxygens (including phenoxy) is 2. The van der Waals surface area contributed by atoms with Crippen LogP contribution in [0.25, 0.3) is 0 Å². The predicted molar refractivity (Wildman–Crippen MR) is 69.9 cm³/mol. The fraction of sp³-hybridized carbons (Fsp3) is 0.462. The molecule has 5 nitrogen and oxygen atoms in total. The van der Waals surface area contributed by atoms with Crippen molar-refractivity contribution >= 4 is 5.91 Å². The first-order chi connectivity index (χ1) is 8.53. The molecule has 1 atom stereocenters. The summed E-state index contributed by atoms with van der Waals surface area (Å²) in [7, 11) is 3.18. The third-order valence-electron chi connectivity index (χ3n) is 2.80. The number of rotatable bonds is 5. The first-order valence-electron chi connectivity index (χ1n) is 5.75. The average molecular weight is 252 g/mol. The van der Waals surface area contributed by atoms with Crippen LogP contribution < -0.4 is 20.5 Å². The molecule has 0 bridgehead atoms. The molecule has 0 fully saturated rings. The fourth-order valence-corrected chi connectivity index (χ4v) is 1.84. The second kappa shape index (κ2) is 6.26. The van der Waals surface area contributed by atoms with Crippen molar-refractivity contribution in [1.29, 1.82) is 0 Å². The van der Waals surface area contributed by atoms with E-state index in [-0.39, 0.29) is 18.5 Å². The van der Waals surface area contributed by atoms with Crippen molar-refractivity contribution in [3.63, 3.8) is 0 Å². The van der Waals surface area contributed by atoms with Crippen molar-refractivity contribution in [3.05, 3.63) is 23.3 Å². The van der Waals surface area contributed by atoms with E-state index in [4.69, 9.17) is 15.2 Å². The number of aryl methyl sites for hydroxylation is 1. The summed E-state index contributed by atoms with van der Waals surface area (Å²) >= 11 is 0. The highest BCUT2D eigenvalue weighted by atomic mass is 16.5. The van der Waals surface area contributed by atoms with Crippen LogP contribution in [0.5, 0.6) is 11.5 Å². The van der Waals surface area contributed by atoms with Gasteiger partial charge in [-0.2, -0.15) is 0 Å². The van der Waals surface area contributed by atoms with Gasteiger partial charge in [0, 0.05) is 0 Å². The fourth-order valence-electron chi connectivity index (χ4n) is 1.84. The lowest BCUT2D eigenvalue weighted by molar-refractivity contribution is -0.120. The van der Waals surface area contributed by atoms with Gasteiger partial charge in [0.15, 0.2) is 11.5 Å². The Kier molecular flexibility index (Phi) is 4.97. The molecule has 18 heavy (non-hydrogen) atoms. The van der Waals surface area contributed by atoms with E-state index in [0.717, 1.165) is 11.1 Å². The number of benzene rings is 1. The number of carbonyl (C=O) groups is 1. The van der Waals surface area contributed by atoms with Gasteiger partial charge in [-0.3, -0.25) is 4.79 Å². The van der Waals surface area contributed by atoms with Gasteiger partial charge in [-0.05, 0) is 37.1 Å². The minimum absolute atomic E-state index is 0.0172. The molecule has 0 heterocycles. The minimum atomic E-state index is -0.184. The van der Waals surface area contributed by atoms with Gasteiger partial charge in [0.1, 0.15) is 0 Å². The second-order valence-electron chi connectivity index (χ2n) is 4.06. The van der Waals surface area contributed by atoms with Gasteiger partial charge < -0.3 is 20.5 Å². The zero-order chi connectivity index (χ0) is 13.7. The number of amides is 1. The Morgan fingerprint density at radius 2 is 1.89 bits per heavy atom. The van der Waals surface area contributed by atoms with Crippen LogP contribution in [0, 0.1) is 6.92 Å². The number of nitrogens with one attached hydrogen (secondary N) is 1. The molecule has 1 unspecified atom stereocenters. The normalized spacial score (nSPS) is 11.8. The van der Waals surface area contributed by atoms with Crippen molar-refractivity contribution < 1.29 is 14.3 Å². The van der Waals surface area contributed by atoms with Gasteiger partial charge in [0.25, 0.3) is 0 Å². The zero-order valence-corrected chi connectivity index (χ0v) is 11.2. The molecule has 0 radical (unpaired) electrons. The average Bonchev–Trinajstić information content (AvgIpc) is 2.37. The summed E-state index contributed by atoms with van der Waals surface area (Å²) in [5.74, 6) is 1.14. The Hall–Kier alpha value is -1.75. The third kappa shape index (κ3) is 3.13. The Bertz CT molecular complexity index is 432. The van der Waals surface area contributed by atoms with E-state index in [1.54, 1.807) is 14.2 Å². The molecular formula is C13H20N2O3. The minimum Gasteiger partial charge on any atom is -0.493 e. The maximum Gasteiger partial charge on any atom is 0.234 e. The van der Waals surface area contributed by atoms with Crippen LogP contribution in [-0.2, 0) is 4.79 Å². The first-order valence-corrected chi connectivity index (χ1v) is 5.75. The van der Waals surface area contributed by atoms with Crippen LogP contribution >= 0.6 is 0 Å². The second-order valence-corrected chi connectivity index (χ2v) is 4.06. The van der Waals surface area contributed by atoms with Crippen LogP contribution in [0.3, 0.4) is 0 Å². The summed E-state index contributed by atoms with van der Waals surface area (Å²) in [6.45, 7) is 3.85. The van der Waals surface area contributed by atoms with E-state index < -0.39 is 0 Å². The Morgan fingerprint density at radius 3 is 2.39 bits per heavy atom. The van der Waals surface area contributed by atoms with Crippen molar-refractivity contribution in [2.45, 2.75) is 19.9 Å². The van der Waals surface area contributed by atoms with Crippen LogP contribution in [0.15, 0.2) is 12.1 Å². The summed E-state index contributed by atoms with van der Waals surface area (Å²) < 4.78 is 10.5. The molecule has 0 saturated heterocycles. The van der Waals surface area contributed by atoms with Gasteiger partial charge in [-0.1, -0.05) is 0 Å². The third-order valence-corrected chi connectivity index (χ3v) is 2.80. The molecule has 0 saturated carbocycles. The molecule has 0 aliphatic rings. The van der Waals surface area contributed by atoms with Crippen LogP contribution in [-0.4, -0.2) is 26.7 Å². The summed E-state index contributed by atoms with van der Waals surface area (Å²) in [5, 5.41) is 2.82. The highest BCUT2D eigenvalue weighted by Gasteiger charge is 2.15. The van der Waals surface area contributed by atoms with Crippen molar-refractivity contribution in [1.82, 2.24) is 5.32 Å². The zero-order valence-electron chi connectivity index (χ0n) is 11.2. The summed E-state index contributed by atoms with van der Waals surface area (Å²) in [4.78, 5) is 11.3. The molecule has 100 valence electrons. The molecule has 0 aliphatic heterocycles. The van der Waals surface area contributed by atoms with E-state index >= 15 is 0 Å². The summed E-state index contributed by atoms with van der Waals surface area (Å²) in [6.07, 6.45) is 0. The topological polar surface area (TPSA) is 73.6 Å². The van der Waals surface area contributed by atoms with Crippen LogP contribution in [0.2, 0.25) is 0 Å². The molecule has 1 amide bonds. The molecule has 1 aromatic rings. The molecule has 0 spiro atoms. The first kappa shape index (κ1) is 14.3. The maximum atomic E-state index is 11.3. The van der Waals surface area contributed by atoms with Gasteiger partial charge in [-0.25, -0.2) is 0 Å². The highest BCUT2D eigenvalue weighted by Crippen LogP contribution is 2.32. The lowest BCUT2D eigenvalue weighted by Gasteiger charge is -2.18. The lowest BCUT2D eigenvalue weighted by atomic mass is 10.0. The van der Waals surface area contributed by atoms with Crippen molar-refractivity contribution in [2.75, 3.05) is 20.8 Å². The van der Waals surface area contributed by atoms with Gasteiger partial charge in [-0.15, -0.1) is 0 Å². The van der Waals surface area contributed by atoms with E-state index in [1.807, 2.05) is 26.0 Å². The molecule has 3 N–H and O–H groups in total. The lowest BCUT2D eigenvalue weighted by Crippen LogP contribution is -2.32. The monoisotopic (exact) mass is 252 g/mol. The Morgan fingerprint density at radius 1 is 1.33 bits per heavy atom. The number of hydrogen-bond donors (Lipinski definition) is 2. The number of carbonyl (C=O) groups excluding carboxylic acids is 1. The summed E-state index contributed by atoms with van der Waals surface area (Å²) in [5.41, 5.74) is 7.29. The van der Waals surface area contributed by atoms with Gasteiger partial charge >= 0.3 is 0 Å². The number of hydrogen-bond acceptors (Lipinski definition) is 4. The van der Waals surface area contributed by atoms with Gasteiger partial charge in [0.2, 0.25) is 5.91 Å². The van der Waals surface area contributed by atoms with Crippen molar-refractivity contribution in [2.24, 2.45) is 5.73 Å². The van der Waals surface area contributed by atoms with Crippen LogP contribution in [0.4, 0.5) is 0 Å². The van der Waals surface area contributed by atoms with E-state index in [1.165, 1.54) is 0 Å². The molecule has 1 aromatic carbocycles. The van der Waals surface area contributed by atoms with Crippen molar-refractivity contribution in [3.8, 4) is 11.5 Å². The van der Waals surface area contributed by atoms with Gasteiger partial charge in [0.05, 0.1) is 26.8 Å². The van der Waals surface area contributed by atoms with E-state index in [9.17, 15) is 4.79 Å². The Balaban J connectivity index is 3.05. The largest absolute Gasteiger partial charge is 0.493 e. The molecule has 5 heteroatoms. The standard InChI is InChI=1S/C13H20N2O3/c1-8-5-11(17-3)12(18-4)6-10(8)9(2)15-13(16)7-14/h5-6,9H,7,14H2,1-4H3,(H,15,16). The predicted octanol–water partition coefficient (Wildman–Crippen LogP) is 1.15. The highest BCUT2D eigenvalue weighted by molar-refractivity contribution is 5.78.